The predicted molar refractivity (Wildman–Crippen MR) is 85.6 cm³/mol. The zero-order valence-electron chi connectivity index (χ0n) is 9.48. The maximum Gasteiger partial charge on any atom is 0.124 e. The van der Waals surface area contributed by atoms with Crippen molar-refractivity contribution in [1.29, 1.82) is 0 Å². The maximum absolute atomic E-state index is 13.2. The summed E-state index contributed by atoms with van der Waals surface area (Å²) in [5, 5.41) is 4.13. The van der Waals surface area contributed by atoms with Crippen molar-refractivity contribution in [2.45, 2.75) is 6.54 Å². The number of rotatable bonds is 3. The van der Waals surface area contributed by atoms with Crippen molar-refractivity contribution < 1.29 is 4.39 Å². The zero-order valence-corrected chi connectivity index (χ0v) is 14.2. The molecule has 6 heteroatoms. The van der Waals surface area contributed by atoms with E-state index in [1.165, 1.54) is 12.1 Å². The van der Waals surface area contributed by atoms with Gasteiger partial charge in [0, 0.05) is 15.5 Å². The Bertz CT molecular complexity index is 576. The molecule has 0 bridgehead atoms. The summed E-state index contributed by atoms with van der Waals surface area (Å²) in [4.78, 5) is 0. The normalized spacial score (nSPS) is 10.6. The minimum Gasteiger partial charge on any atom is -0.379 e. The summed E-state index contributed by atoms with van der Waals surface area (Å²) in [5.74, 6) is -0.292. The number of benzene rings is 2. The molecule has 0 aromatic heterocycles. The molecule has 0 aliphatic carbocycles. The van der Waals surface area contributed by atoms with Gasteiger partial charge in [-0.2, -0.15) is 0 Å². The summed E-state index contributed by atoms with van der Waals surface area (Å²) >= 11 is 18.8. The molecule has 0 unspecified atom stereocenters. The van der Waals surface area contributed by atoms with E-state index in [2.05, 4.69) is 37.2 Å². The molecule has 1 nitrogen and oxygen atoms in total. The summed E-state index contributed by atoms with van der Waals surface area (Å²) < 4.78 is 14.7. The summed E-state index contributed by atoms with van der Waals surface area (Å²) in [6.45, 7) is 0.428. The third-order valence-electron chi connectivity index (χ3n) is 2.40. The van der Waals surface area contributed by atoms with Gasteiger partial charge in [0.05, 0.1) is 15.7 Å². The highest BCUT2D eigenvalue weighted by atomic mass is 79.9. The maximum atomic E-state index is 13.2. The minimum atomic E-state index is -0.292. The lowest BCUT2D eigenvalue weighted by Gasteiger charge is -2.11. The second-order valence-electron chi connectivity index (χ2n) is 3.88. The van der Waals surface area contributed by atoms with Crippen LogP contribution in [0.15, 0.2) is 39.3 Å². The average molecular weight is 428 g/mol. The summed E-state index contributed by atoms with van der Waals surface area (Å²) in [6.07, 6.45) is 0. The zero-order chi connectivity index (χ0) is 14.0. The molecular weight excluding hydrogens is 420 g/mol. The van der Waals surface area contributed by atoms with E-state index >= 15 is 0 Å². The lowest BCUT2D eigenvalue weighted by molar-refractivity contribution is 0.625. The molecule has 0 saturated carbocycles. The van der Waals surface area contributed by atoms with E-state index < -0.39 is 0 Å². The van der Waals surface area contributed by atoms with Crippen LogP contribution in [0.3, 0.4) is 0 Å². The van der Waals surface area contributed by atoms with Gasteiger partial charge in [0.15, 0.2) is 0 Å². The Morgan fingerprint density at radius 3 is 2.11 bits per heavy atom. The van der Waals surface area contributed by atoms with E-state index in [0.29, 0.717) is 26.8 Å². The SMILES string of the molecule is Fc1cc(Br)cc(CNc2c(Cl)cc(Br)cc2Cl)c1. The molecular formula is C13H8Br2Cl2FN. The Balaban J connectivity index is 2.19. The fourth-order valence-electron chi connectivity index (χ4n) is 1.61. The second-order valence-corrected chi connectivity index (χ2v) is 6.52. The molecule has 0 radical (unpaired) electrons. The van der Waals surface area contributed by atoms with Gasteiger partial charge in [0.2, 0.25) is 0 Å². The van der Waals surface area contributed by atoms with E-state index in [1.54, 1.807) is 12.1 Å². The number of halogens is 5. The van der Waals surface area contributed by atoms with Crippen LogP contribution in [0.1, 0.15) is 5.56 Å². The molecule has 0 amide bonds. The number of anilines is 1. The highest BCUT2D eigenvalue weighted by molar-refractivity contribution is 9.10. The highest BCUT2D eigenvalue weighted by Crippen LogP contribution is 2.34. The van der Waals surface area contributed by atoms with Crippen LogP contribution in [0.25, 0.3) is 0 Å². The fraction of sp³-hybridized carbons (Fsp3) is 0.0769. The van der Waals surface area contributed by atoms with E-state index in [1.807, 2.05) is 6.07 Å². The third kappa shape index (κ3) is 4.09. The first kappa shape index (κ1) is 15.1. The largest absolute Gasteiger partial charge is 0.379 e. The average Bonchev–Trinajstić information content (AvgIpc) is 2.25. The van der Waals surface area contributed by atoms with E-state index in [-0.39, 0.29) is 5.82 Å². The first-order valence-electron chi connectivity index (χ1n) is 5.29. The van der Waals surface area contributed by atoms with E-state index in [4.69, 9.17) is 23.2 Å². The predicted octanol–water partition coefficient (Wildman–Crippen LogP) is 6.27. The van der Waals surface area contributed by atoms with Gasteiger partial charge in [-0.15, -0.1) is 0 Å². The van der Waals surface area contributed by atoms with Crippen molar-refractivity contribution in [3.8, 4) is 0 Å². The number of hydrogen-bond donors (Lipinski definition) is 1. The van der Waals surface area contributed by atoms with Crippen LogP contribution >= 0.6 is 55.1 Å². The van der Waals surface area contributed by atoms with Crippen LogP contribution in [0, 0.1) is 5.82 Å². The summed E-state index contributed by atoms with van der Waals surface area (Å²) in [5.41, 5.74) is 1.42. The molecule has 2 aromatic rings. The molecule has 0 atom stereocenters. The molecule has 0 spiro atoms. The molecule has 0 heterocycles. The van der Waals surface area contributed by atoms with Gasteiger partial charge >= 0.3 is 0 Å². The molecule has 0 fully saturated rings. The molecule has 0 saturated heterocycles. The smallest absolute Gasteiger partial charge is 0.124 e. The third-order valence-corrected chi connectivity index (χ3v) is 3.91. The monoisotopic (exact) mass is 425 g/mol. The van der Waals surface area contributed by atoms with Gasteiger partial charge in [0.1, 0.15) is 5.82 Å². The molecule has 2 rings (SSSR count). The Morgan fingerprint density at radius 2 is 1.53 bits per heavy atom. The fourth-order valence-corrected chi connectivity index (χ4v) is 3.47. The Labute approximate surface area is 137 Å². The highest BCUT2D eigenvalue weighted by Gasteiger charge is 2.08. The van der Waals surface area contributed by atoms with Gasteiger partial charge < -0.3 is 5.32 Å². The van der Waals surface area contributed by atoms with Crippen molar-refractivity contribution in [2.75, 3.05) is 5.32 Å². The van der Waals surface area contributed by atoms with Crippen molar-refractivity contribution in [3.05, 3.63) is 60.7 Å². The van der Waals surface area contributed by atoms with Crippen LogP contribution in [0.2, 0.25) is 10.0 Å². The molecule has 1 N–H and O–H groups in total. The lowest BCUT2D eigenvalue weighted by Crippen LogP contribution is -2.01. The van der Waals surface area contributed by atoms with Gasteiger partial charge in [-0.3, -0.25) is 0 Å². The van der Waals surface area contributed by atoms with Gasteiger partial charge in [0.25, 0.3) is 0 Å². The van der Waals surface area contributed by atoms with Crippen LogP contribution < -0.4 is 5.32 Å². The topological polar surface area (TPSA) is 12.0 Å². The molecule has 100 valence electrons. The van der Waals surface area contributed by atoms with Crippen molar-refractivity contribution in [1.82, 2.24) is 0 Å². The van der Waals surface area contributed by atoms with Gasteiger partial charge in [-0.05, 0) is 35.9 Å². The summed E-state index contributed by atoms with van der Waals surface area (Å²) in [6, 6.07) is 8.19. The van der Waals surface area contributed by atoms with Crippen LogP contribution in [-0.4, -0.2) is 0 Å². The Hall–Kier alpha value is -0.290. The molecule has 0 aliphatic rings. The van der Waals surface area contributed by atoms with Gasteiger partial charge in [-0.1, -0.05) is 55.1 Å². The second kappa shape index (κ2) is 6.44. The van der Waals surface area contributed by atoms with Crippen molar-refractivity contribution in [3.63, 3.8) is 0 Å². The quantitative estimate of drug-likeness (QED) is 0.608. The Morgan fingerprint density at radius 1 is 0.947 bits per heavy atom. The summed E-state index contributed by atoms with van der Waals surface area (Å²) in [7, 11) is 0. The number of nitrogens with one attached hydrogen (secondary N) is 1. The Kier molecular flexibility index (Phi) is 5.12. The number of hydrogen-bond acceptors (Lipinski definition) is 1. The first-order chi connectivity index (χ1) is 8.95. The van der Waals surface area contributed by atoms with E-state index in [9.17, 15) is 4.39 Å². The van der Waals surface area contributed by atoms with Crippen LogP contribution in [-0.2, 0) is 6.54 Å². The molecule has 2 aromatic carbocycles. The minimum absolute atomic E-state index is 0.292. The van der Waals surface area contributed by atoms with Crippen molar-refractivity contribution in [2.24, 2.45) is 0 Å². The standard InChI is InChI=1S/C13H8Br2Cl2FN/c14-8-1-7(2-10(18)3-8)6-19-13-11(16)4-9(15)5-12(13)17/h1-5,19H,6H2. The van der Waals surface area contributed by atoms with Gasteiger partial charge in [-0.25, -0.2) is 4.39 Å². The van der Waals surface area contributed by atoms with Crippen LogP contribution in [0.5, 0.6) is 0 Å². The van der Waals surface area contributed by atoms with Crippen LogP contribution in [0.4, 0.5) is 10.1 Å². The molecule has 19 heavy (non-hydrogen) atoms. The van der Waals surface area contributed by atoms with E-state index in [0.717, 1.165) is 10.0 Å². The van der Waals surface area contributed by atoms with Crippen molar-refractivity contribution >= 4 is 60.7 Å². The lowest BCUT2D eigenvalue weighted by atomic mass is 10.2. The first-order valence-corrected chi connectivity index (χ1v) is 7.63. The molecule has 0 aliphatic heterocycles.